The minimum absolute atomic E-state index is 0.792. The maximum atomic E-state index is 2.28. The summed E-state index contributed by atoms with van der Waals surface area (Å²) in [7, 11) is 0. The van der Waals surface area contributed by atoms with E-state index < -0.39 is 0 Å². The SMILES string of the molecule is CCCCC(CSc1ccccc1)CSc1ccccc1. The maximum absolute atomic E-state index is 2.28. The van der Waals surface area contributed by atoms with Gasteiger partial charge in [-0.25, -0.2) is 0 Å². The number of thioether (sulfide) groups is 2. The van der Waals surface area contributed by atoms with Crippen molar-refractivity contribution in [1.29, 1.82) is 0 Å². The molecule has 0 atom stereocenters. The van der Waals surface area contributed by atoms with Crippen molar-refractivity contribution in [2.45, 2.75) is 36.0 Å². The van der Waals surface area contributed by atoms with E-state index in [1.807, 2.05) is 23.5 Å². The normalized spacial score (nSPS) is 11.0. The molecule has 0 aliphatic rings. The predicted molar refractivity (Wildman–Crippen MR) is 97.3 cm³/mol. The number of unbranched alkanes of at least 4 members (excludes halogenated alkanes) is 1. The van der Waals surface area contributed by atoms with Crippen LogP contribution in [-0.2, 0) is 0 Å². The smallest absolute Gasteiger partial charge is 0.00720 e. The van der Waals surface area contributed by atoms with Gasteiger partial charge in [0.15, 0.2) is 0 Å². The summed E-state index contributed by atoms with van der Waals surface area (Å²) in [6, 6.07) is 21.5. The van der Waals surface area contributed by atoms with E-state index in [2.05, 4.69) is 67.6 Å². The summed E-state index contributed by atoms with van der Waals surface area (Å²) < 4.78 is 0. The summed E-state index contributed by atoms with van der Waals surface area (Å²) in [5, 5.41) is 0. The molecule has 0 spiro atoms. The summed E-state index contributed by atoms with van der Waals surface area (Å²) in [4.78, 5) is 2.78. The van der Waals surface area contributed by atoms with Gasteiger partial charge in [-0.2, -0.15) is 0 Å². The third-order valence-electron chi connectivity index (χ3n) is 3.42. The second kappa shape index (κ2) is 9.97. The largest absolute Gasteiger partial charge is 0.126 e. The van der Waals surface area contributed by atoms with Crippen LogP contribution in [0.4, 0.5) is 0 Å². The zero-order chi connectivity index (χ0) is 14.8. The van der Waals surface area contributed by atoms with Crippen LogP contribution in [0.25, 0.3) is 0 Å². The first-order chi connectivity index (χ1) is 10.4. The molecule has 0 unspecified atom stereocenters. The van der Waals surface area contributed by atoms with E-state index in [9.17, 15) is 0 Å². The fraction of sp³-hybridized carbons (Fsp3) is 0.368. The van der Waals surface area contributed by atoms with Gasteiger partial charge in [-0.3, -0.25) is 0 Å². The monoisotopic (exact) mass is 316 g/mol. The number of rotatable bonds is 9. The molecule has 0 heterocycles. The van der Waals surface area contributed by atoms with Crippen LogP contribution in [0.15, 0.2) is 70.5 Å². The van der Waals surface area contributed by atoms with Gasteiger partial charge in [0, 0.05) is 21.3 Å². The highest BCUT2D eigenvalue weighted by Crippen LogP contribution is 2.28. The molecule has 0 bridgehead atoms. The predicted octanol–water partition coefficient (Wildman–Crippen LogP) is 6.38. The first kappa shape index (κ1) is 16.5. The van der Waals surface area contributed by atoms with Gasteiger partial charge in [0.1, 0.15) is 0 Å². The molecule has 0 radical (unpaired) electrons. The van der Waals surface area contributed by atoms with Crippen molar-refractivity contribution >= 4 is 23.5 Å². The van der Waals surface area contributed by atoms with E-state index in [0.717, 1.165) is 5.92 Å². The van der Waals surface area contributed by atoms with E-state index in [0.29, 0.717) is 0 Å². The molecular weight excluding hydrogens is 292 g/mol. The highest BCUT2D eigenvalue weighted by Gasteiger charge is 2.10. The highest BCUT2D eigenvalue weighted by molar-refractivity contribution is 8.00. The van der Waals surface area contributed by atoms with E-state index in [4.69, 9.17) is 0 Å². The first-order valence-corrected chi connectivity index (χ1v) is 9.71. The van der Waals surface area contributed by atoms with Crippen LogP contribution in [0.5, 0.6) is 0 Å². The second-order valence-electron chi connectivity index (χ2n) is 5.26. The lowest BCUT2D eigenvalue weighted by atomic mass is 10.1. The van der Waals surface area contributed by atoms with Crippen molar-refractivity contribution in [3.8, 4) is 0 Å². The topological polar surface area (TPSA) is 0 Å². The number of hydrogen-bond donors (Lipinski definition) is 0. The number of hydrogen-bond acceptors (Lipinski definition) is 2. The Balaban J connectivity index is 1.82. The van der Waals surface area contributed by atoms with Crippen molar-refractivity contribution in [3.63, 3.8) is 0 Å². The average molecular weight is 317 g/mol. The minimum Gasteiger partial charge on any atom is -0.126 e. The Hall–Kier alpha value is -0.860. The summed E-state index contributed by atoms with van der Waals surface area (Å²) in [5.41, 5.74) is 0. The van der Waals surface area contributed by atoms with Crippen LogP contribution >= 0.6 is 23.5 Å². The van der Waals surface area contributed by atoms with Gasteiger partial charge in [0.2, 0.25) is 0 Å². The fourth-order valence-corrected chi connectivity index (χ4v) is 4.44. The molecule has 2 aromatic rings. The third kappa shape index (κ3) is 6.62. The molecular formula is C19H24S2. The Morgan fingerprint density at radius 1 is 0.762 bits per heavy atom. The second-order valence-corrected chi connectivity index (χ2v) is 7.44. The highest BCUT2D eigenvalue weighted by atomic mass is 32.2. The molecule has 0 fully saturated rings. The molecule has 21 heavy (non-hydrogen) atoms. The molecule has 0 saturated carbocycles. The van der Waals surface area contributed by atoms with Crippen molar-refractivity contribution in [1.82, 2.24) is 0 Å². The van der Waals surface area contributed by atoms with E-state index in [-0.39, 0.29) is 0 Å². The molecule has 0 saturated heterocycles. The lowest BCUT2D eigenvalue weighted by Crippen LogP contribution is -2.07. The summed E-state index contributed by atoms with van der Waals surface area (Å²) in [6.07, 6.45) is 3.98. The minimum atomic E-state index is 0.792. The third-order valence-corrected chi connectivity index (χ3v) is 5.91. The van der Waals surface area contributed by atoms with Crippen molar-refractivity contribution in [2.24, 2.45) is 5.92 Å². The average Bonchev–Trinajstić information content (AvgIpc) is 2.56. The lowest BCUT2D eigenvalue weighted by Gasteiger charge is -2.16. The van der Waals surface area contributed by atoms with Gasteiger partial charge < -0.3 is 0 Å². The molecule has 112 valence electrons. The van der Waals surface area contributed by atoms with E-state index in [1.54, 1.807) is 0 Å². The summed E-state index contributed by atoms with van der Waals surface area (Å²) in [6.45, 7) is 2.28. The molecule has 0 amide bonds. The molecule has 0 aromatic heterocycles. The Morgan fingerprint density at radius 3 is 1.67 bits per heavy atom. The molecule has 0 N–H and O–H groups in total. The van der Waals surface area contributed by atoms with E-state index >= 15 is 0 Å². The van der Waals surface area contributed by atoms with E-state index in [1.165, 1.54) is 40.6 Å². The van der Waals surface area contributed by atoms with Crippen LogP contribution in [0.1, 0.15) is 26.2 Å². The Labute approximate surface area is 137 Å². The zero-order valence-corrected chi connectivity index (χ0v) is 14.3. The molecule has 0 aliphatic heterocycles. The van der Waals surface area contributed by atoms with Crippen molar-refractivity contribution in [3.05, 3.63) is 60.7 Å². The van der Waals surface area contributed by atoms with Gasteiger partial charge >= 0.3 is 0 Å². The van der Waals surface area contributed by atoms with Crippen LogP contribution in [0, 0.1) is 5.92 Å². The van der Waals surface area contributed by atoms with Crippen molar-refractivity contribution in [2.75, 3.05) is 11.5 Å². The van der Waals surface area contributed by atoms with Crippen LogP contribution < -0.4 is 0 Å². The van der Waals surface area contributed by atoms with Gasteiger partial charge in [-0.05, 0) is 36.6 Å². The molecule has 0 aliphatic carbocycles. The molecule has 2 aromatic carbocycles. The van der Waals surface area contributed by atoms with Gasteiger partial charge in [-0.1, -0.05) is 56.2 Å². The van der Waals surface area contributed by atoms with Crippen molar-refractivity contribution < 1.29 is 0 Å². The maximum Gasteiger partial charge on any atom is 0.00720 e. The van der Waals surface area contributed by atoms with Gasteiger partial charge in [0.25, 0.3) is 0 Å². The Bertz CT molecular complexity index is 438. The van der Waals surface area contributed by atoms with Crippen LogP contribution in [0.3, 0.4) is 0 Å². The number of benzene rings is 2. The molecule has 0 nitrogen and oxygen atoms in total. The quantitative estimate of drug-likeness (QED) is 0.492. The molecule has 2 rings (SSSR count). The van der Waals surface area contributed by atoms with Gasteiger partial charge in [0.05, 0.1) is 0 Å². The standard InChI is InChI=1S/C19H24S2/c1-2-3-10-17(15-20-18-11-6-4-7-12-18)16-21-19-13-8-5-9-14-19/h4-9,11-14,17H,2-3,10,15-16H2,1H3. The Morgan fingerprint density at radius 2 is 1.24 bits per heavy atom. The summed E-state index contributed by atoms with van der Waals surface area (Å²) in [5.74, 6) is 3.24. The Kier molecular flexibility index (Phi) is 7.83. The summed E-state index contributed by atoms with van der Waals surface area (Å²) >= 11 is 4.00. The zero-order valence-electron chi connectivity index (χ0n) is 12.7. The first-order valence-electron chi connectivity index (χ1n) is 7.74. The molecule has 2 heteroatoms. The van der Waals surface area contributed by atoms with Gasteiger partial charge in [-0.15, -0.1) is 23.5 Å². The van der Waals surface area contributed by atoms with Crippen LogP contribution in [-0.4, -0.2) is 11.5 Å². The van der Waals surface area contributed by atoms with Crippen LogP contribution in [0.2, 0.25) is 0 Å². The lowest BCUT2D eigenvalue weighted by molar-refractivity contribution is 0.565. The fourth-order valence-electron chi connectivity index (χ4n) is 2.17.